The summed E-state index contributed by atoms with van der Waals surface area (Å²) in [6.07, 6.45) is 2.49. The Kier molecular flexibility index (Phi) is 3.44. The summed E-state index contributed by atoms with van der Waals surface area (Å²) in [5.74, 6) is 2.00. The van der Waals surface area contributed by atoms with Crippen LogP contribution < -0.4 is 0 Å². The number of aryl methyl sites for hydroxylation is 1. The molecule has 2 heterocycles. The van der Waals surface area contributed by atoms with E-state index in [-0.39, 0.29) is 11.7 Å². The van der Waals surface area contributed by atoms with E-state index in [0.29, 0.717) is 29.3 Å². The molecule has 0 atom stereocenters. The highest BCUT2D eigenvalue weighted by Gasteiger charge is 2.13. The highest BCUT2D eigenvalue weighted by atomic mass is 35.5. The zero-order valence-corrected chi connectivity index (χ0v) is 11.7. The van der Waals surface area contributed by atoms with Gasteiger partial charge in [0.2, 0.25) is 5.89 Å². The van der Waals surface area contributed by atoms with E-state index in [1.54, 1.807) is 12.3 Å². The van der Waals surface area contributed by atoms with Crippen LogP contribution in [0, 0.1) is 5.82 Å². The summed E-state index contributed by atoms with van der Waals surface area (Å²) in [7, 11) is 0. The summed E-state index contributed by atoms with van der Waals surface area (Å²) in [5.41, 5.74) is 1.40. The van der Waals surface area contributed by atoms with Gasteiger partial charge in [0.15, 0.2) is 0 Å². The van der Waals surface area contributed by atoms with Gasteiger partial charge in [0, 0.05) is 6.42 Å². The number of imidazole rings is 1. The standard InChI is InChI=1S/C14H13ClFN3O/c1-2-10-7-17-14(20-10)8-19-12-5-9(16)3-4-11(12)18-13(19)6-15/h3-5,7H,2,6,8H2,1H3. The van der Waals surface area contributed by atoms with Crippen LogP contribution in [0.2, 0.25) is 0 Å². The third-order valence-electron chi connectivity index (χ3n) is 3.15. The molecule has 1 aromatic carbocycles. The number of oxazole rings is 1. The van der Waals surface area contributed by atoms with Crippen molar-refractivity contribution in [3.63, 3.8) is 0 Å². The van der Waals surface area contributed by atoms with Crippen molar-refractivity contribution in [1.29, 1.82) is 0 Å². The van der Waals surface area contributed by atoms with Gasteiger partial charge >= 0.3 is 0 Å². The van der Waals surface area contributed by atoms with E-state index in [1.165, 1.54) is 12.1 Å². The molecule has 4 nitrogen and oxygen atoms in total. The van der Waals surface area contributed by atoms with E-state index in [4.69, 9.17) is 16.0 Å². The molecule has 20 heavy (non-hydrogen) atoms. The lowest BCUT2D eigenvalue weighted by Gasteiger charge is -2.04. The highest BCUT2D eigenvalue weighted by Crippen LogP contribution is 2.20. The van der Waals surface area contributed by atoms with E-state index in [0.717, 1.165) is 12.2 Å². The summed E-state index contributed by atoms with van der Waals surface area (Å²) in [4.78, 5) is 8.60. The molecule has 0 N–H and O–H groups in total. The number of aromatic nitrogens is 3. The van der Waals surface area contributed by atoms with Crippen molar-refractivity contribution in [3.8, 4) is 0 Å². The Hall–Kier alpha value is -1.88. The van der Waals surface area contributed by atoms with Gasteiger partial charge in [-0.25, -0.2) is 14.4 Å². The summed E-state index contributed by atoms with van der Waals surface area (Å²) >= 11 is 5.91. The molecule has 0 aliphatic heterocycles. The summed E-state index contributed by atoms with van der Waals surface area (Å²) < 4.78 is 20.8. The Morgan fingerprint density at radius 2 is 2.25 bits per heavy atom. The smallest absolute Gasteiger partial charge is 0.214 e. The molecule has 0 radical (unpaired) electrons. The first-order valence-corrected chi connectivity index (χ1v) is 6.89. The van der Waals surface area contributed by atoms with Crippen molar-refractivity contribution in [2.75, 3.05) is 0 Å². The minimum Gasteiger partial charge on any atom is -0.444 e. The summed E-state index contributed by atoms with van der Waals surface area (Å²) in [6.45, 7) is 2.39. The number of fused-ring (bicyclic) bond motifs is 1. The monoisotopic (exact) mass is 293 g/mol. The van der Waals surface area contributed by atoms with Crippen molar-refractivity contribution in [2.45, 2.75) is 25.8 Å². The molecule has 104 valence electrons. The second-order valence-electron chi connectivity index (χ2n) is 4.45. The second-order valence-corrected chi connectivity index (χ2v) is 4.72. The van der Waals surface area contributed by atoms with Crippen LogP contribution in [-0.2, 0) is 18.8 Å². The molecule has 3 rings (SSSR count). The Morgan fingerprint density at radius 3 is 2.95 bits per heavy atom. The molecule has 3 aromatic rings. The molecule has 0 saturated heterocycles. The van der Waals surface area contributed by atoms with Gasteiger partial charge in [0.25, 0.3) is 0 Å². The molecule has 0 aliphatic rings. The Bertz CT molecular complexity index is 750. The van der Waals surface area contributed by atoms with Crippen LogP contribution >= 0.6 is 11.6 Å². The molecule has 0 bridgehead atoms. The number of rotatable bonds is 4. The first kappa shape index (κ1) is 13.1. The maximum Gasteiger partial charge on any atom is 0.214 e. The van der Waals surface area contributed by atoms with Crippen molar-refractivity contribution >= 4 is 22.6 Å². The maximum absolute atomic E-state index is 13.4. The van der Waals surface area contributed by atoms with E-state index >= 15 is 0 Å². The van der Waals surface area contributed by atoms with Gasteiger partial charge in [-0.3, -0.25) is 0 Å². The fourth-order valence-electron chi connectivity index (χ4n) is 2.14. The predicted molar refractivity (Wildman–Crippen MR) is 74.2 cm³/mol. The molecule has 0 fully saturated rings. The molecule has 0 saturated carbocycles. The Balaban J connectivity index is 2.06. The maximum atomic E-state index is 13.4. The second kappa shape index (κ2) is 5.25. The molecular weight excluding hydrogens is 281 g/mol. The van der Waals surface area contributed by atoms with Crippen molar-refractivity contribution in [3.05, 3.63) is 47.7 Å². The number of hydrogen-bond acceptors (Lipinski definition) is 3. The zero-order chi connectivity index (χ0) is 14.1. The van der Waals surface area contributed by atoms with E-state index in [1.807, 2.05) is 11.5 Å². The fraction of sp³-hybridized carbons (Fsp3) is 0.286. The van der Waals surface area contributed by atoms with Gasteiger partial charge in [0.05, 0.1) is 23.1 Å². The zero-order valence-electron chi connectivity index (χ0n) is 10.9. The molecule has 6 heteroatoms. The van der Waals surface area contributed by atoms with Crippen molar-refractivity contribution in [2.24, 2.45) is 0 Å². The van der Waals surface area contributed by atoms with Crippen LogP contribution in [0.25, 0.3) is 11.0 Å². The first-order valence-electron chi connectivity index (χ1n) is 6.35. The van der Waals surface area contributed by atoms with Gasteiger partial charge in [-0.1, -0.05) is 6.92 Å². The van der Waals surface area contributed by atoms with Crippen LogP contribution in [0.3, 0.4) is 0 Å². The van der Waals surface area contributed by atoms with Crippen LogP contribution in [0.5, 0.6) is 0 Å². The lowest BCUT2D eigenvalue weighted by Crippen LogP contribution is -2.04. The Morgan fingerprint density at radius 1 is 1.40 bits per heavy atom. The average Bonchev–Trinajstić information content (AvgIpc) is 3.04. The topological polar surface area (TPSA) is 43.9 Å². The van der Waals surface area contributed by atoms with E-state index in [2.05, 4.69) is 9.97 Å². The number of hydrogen-bond donors (Lipinski definition) is 0. The lowest BCUT2D eigenvalue weighted by atomic mass is 10.3. The molecule has 0 aliphatic carbocycles. The molecule has 2 aromatic heterocycles. The number of halogens is 2. The quantitative estimate of drug-likeness (QED) is 0.691. The third-order valence-corrected chi connectivity index (χ3v) is 3.39. The summed E-state index contributed by atoms with van der Waals surface area (Å²) in [6, 6.07) is 4.48. The number of benzene rings is 1. The summed E-state index contributed by atoms with van der Waals surface area (Å²) in [5, 5.41) is 0. The molecule has 0 amide bonds. The SMILES string of the molecule is CCc1cnc(Cn2c(CCl)nc3ccc(F)cc32)o1. The van der Waals surface area contributed by atoms with Crippen molar-refractivity contribution in [1.82, 2.24) is 14.5 Å². The number of nitrogens with zero attached hydrogens (tertiary/aromatic N) is 3. The van der Waals surface area contributed by atoms with Gasteiger partial charge < -0.3 is 8.98 Å². The predicted octanol–water partition coefficient (Wildman–Crippen LogP) is 3.51. The van der Waals surface area contributed by atoms with Gasteiger partial charge in [-0.2, -0.15) is 0 Å². The van der Waals surface area contributed by atoms with E-state index < -0.39 is 0 Å². The first-order chi connectivity index (χ1) is 9.71. The highest BCUT2D eigenvalue weighted by molar-refractivity contribution is 6.16. The van der Waals surface area contributed by atoms with Gasteiger partial charge in [-0.05, 0) is 18.2 Å². The lowest BCUT2D eigenvalue weighted by molar-refractivity contribution is 0.446. The fourth-order valence-corrected chi connectivity index (χ4v) is 2.35. The van der Waals surface area contributed by atoms with Crippen molar-refractivity contribution < 1.29 is 8.81 Å². The third kappa shape index (κ3) is 2.29. The Labute approximate surface area is 120 Å². The molecule has 0 spiro atoms. The van der Waals surface area contributed by atoms with Crippen LogP contribution in [-0.4, -0.2) is 14.5 Å². The van der Waals surface area contributed by atoms with Crippen LogP contribution in [0.1, 0.15) is 24.4 Å². The average molecular weight is 294 g/mol. The largest absolute Gasteiger partial charge is 0.444 e. The normalized spacial score (nSPS) is 11.3. The minimum atomic E-state index is -0.304. The van der Waals surface area contributed by atoms with Crippen LogP contribution in [0.4, 0.5) is 4.39 Å². The van der Waals surface area contributed by atoms with Crippen LogP contribution in [0.15, 0.2) is 28.8 Å². The molecule has 0 unspecified atom stereocenters. The van der Waals surface area contributed by atoms with Gasteiger partial charge in [-0.15, -0.1) is 11.6 Å². The van der Waals surface area contributed by atoms with Gasteiger partial charge in [0.1, 0.15) is 23.9 Å². The minimum absolute atomic E-state index is 0.248. The van der Waals surface area contributed by atoms with E-state index in [9.17, 15) is 4.39 Å². The molecular formula is C14H13ClFN3O. The number of alkyl halides is 1.